The van der Waals surface area contributed by atoms with E-state index >= 15 is 0 Å². The maximum Gasteiger partial charge on any atom is 0.269 e. The summed E-state index contributed by atoms with van der Waals surface area (Å²) in [7, 11) is 0. The summed E-state index contributed by atoms with van der Waals surface area (Å²) in [5.41, 5.74) is 0.847. The Labute approximate surface area is 93.6 Å². The lowest BCUT2D eigenvalue weighted by molar-refractivity contribution is -0.384. The molecule has 0 unspecified atom stereocenters. The maximum atomic E-state index is 10.4. The highest BCUT2D eigenvalue weighted by Gasteiger charge is 2.06. The van der Waals surface area contributed by atoms with Gasteiger partial charge in [0.25, 0.3) is 5.69 Å². The smallest absolute Gasteiger partial charge is 0.258 e. The predicted octanol–water partition coefficient (Wildman–Crippen LogP) is 2.54. The lowest BCUT2D eigenvalue weighted by atomic mass is 10.3. The van der Waals surface area contributed by atoms with E-state index in [0.29, 0.717) is 0 Å². The van der Waals surface area contributed by atoms with Crippen LogP contribution in [0.25, 0.3) is 5.69 Å². The Morgan fingerprint density at radius 1 is 1.27 bits per heavy atom. The number of nitrogens with zero attached hydrogens (tertiary/aromatic N) is 3. The van der Waals surface area contributed by atoms with E-state index in [4.69, 9.17) is 0 Å². The van der Waals surface area contributed by atoms with Gasteiger partial charge in [0.1, 0.15) is 4.60 Å². The lowest BCUT2D eigenvalue weighted by Crippen LogP contribution is -1.96. The fourth-order valence-electron chi connectivity index (χ4n) is 1.19. The number of benzene rings is 1. The Morgan fingerprint density at radius 2 is 1.93 bits per heavy atom. The summed E-state index contributed by atoms with van der Waals surface area (Å²) in [5, 5.41) is 14.5. The highest BCUT2D eigenvalue weighted by molar-refractivity contribution is 9.10. The molecule has 0 aliphatic rings. The third kappa shape index (κ3) is 1.89. The first kappa shape index (κ1) is 9.85. The second-order valence-electron chi connectivity index (χ2n) is 2.84. The second kappa shape index (κ2) is 3.82. The van der Waals surface area contributed by atoms with E-state index in [2.05, 4.69) is 21.0 Å². The van der Waals surface area contributed by atoms with Gasteiger partial charge in [-0.25, -0.2) is 4.68 Å². The second-order valence-corrected chi connectivity index (χ2v) is 3.65. The van der Waals surface area contributed by atoms with Crippen LogP contribution in [0.15, 0.2) is 41.1 Å². The van der Waals surface area contributed by atoms with Crippen molar-refractivity contribution in [2.75, 3.05) is 0 Å². The van der Waals surface area contributed by atoms with Gasteiger partial charge in [0.05, 0.1) is 16.8 Å². The number of rotatable bonds is 2. The zero-order valence-electron chi connectivity index (χ0n) is 7.50. The lowest BCUT2D eigenvalue weighted by Gasteiger charge is -2.01. The molecule has 1 aromatic carbocycles. The number of nitro benzene ring substituents is 1. The third-order valence-corrected chi connectivity index (χ3v) is 2.50. The van der Waals surface area contributed by atoms with E-state index in [9.17, 15) is 10.1 Å². The molecular formula is C9H6BrN3O2. The Morgan fingerprint density at radius 3 is 2.40 bits per heavy atom. The minimum atomic E-state index is -0.429. The van der Waals surface area contributed by atoms with Crippen molar-refractivity contribution >= 4 is 21.6 Å². The van der Waals surface area contributed by atoms with Crippen LogP contribution in [0.5, 0.6) is 0 Å². The van der Waals surface area contributed by atoms with Crippen LogP contribution in [0.4, 0.5) is 5.69 Å². The highest BCUT2D eigenvalue weighted by atomic mass is 79.9. The summed E-state index contributed by atoms with van der Waals surface area (Å²) >= 11 is 3.32. The van der Waals surface area contributed by atoms with Crippen LogP contribution in [-0.2, 0) is 0 Å². The fourth-order valence-corrected chi connectivity index (χ4v) is 1.61. The van der Waals surface area contributed by atoms with Crippen molar-refractivity contribution in [1.29, 1.82) is 0 Å². The standard InChI is InChI=1S/C9H6BrN3O2/c10-9-5-6-11-12(9)7-1-3-8(4-2-7)13(14)15/h1-6H. The number of nitro groups is 1. The molecular weight excluding hydrogens is 262 g/mol. The van der Waals surface area contributed by atoms with Gasteiger partial charge < -0.3 is 0 Å². The van der Waals surface area contributed by atoms with Crippen LogP contribution in [0, 0.1) is 10.1 Å². The molecule has 0 N–H and O–H groups in total. The minimum absolute atomic E-state index is 0.0713. The molecule has 2 aromatic rings. The molecule has 6 heteroatoms. The molecule has 0 spiro atoms. The van der Waals surface area contributed by atoms with E-state index in [1.165, 1.54) is 12.1 Å². The van der Waals surface area contributed by atoms with E-state index in [1.807, 2.05) is 0 Å². The topological polar surface area (TPSA) is 61.0 Å². The van der Waals surface area contributed by atoms with Crippen LogP contribution in [0.3, 0.4) is 0 Å². The molecule has 76 valence electrons. The van der Waals surface area contributed by atoms with Gasteiger partial charge in [-0.1, -0.05) is 0 Å². The Hall–Kier alpha value is -1.69. The maximum absolute atomic E-state index is 10.4. The highest BCUT2D eigenvalue weighted by Crippen LogP contribution is 2.18. The first-order valence-corrected chi connectivity index (χ1v) is 4.92. The monoisotopic (exact) mass is 267 g/mol. The van der Waals surface area contributed by atoms with Crippen LogP contribution in [0.1, 0.15) is 0 Å². The average Bonchev–Trinajstić information content (AvgIpc) is 2.65. The Bertz CT molecular complexity index is 492. The molecule has 0 saturated heterocycles. The molecule has 0 bridgehead atoms. The molecule has 1 heterocycles. The largest absolute Gasteiger partial charge is 0.269 e. The molecule has 15 heavy (non-hydrogen) atoms. The SMILES string of the molecule is O=[N+]([O-])c1ccc(-n2nccc2Br)cc1. The summed E-state index contributed by atoms with van der Waals surface area (Å²) in [5.74, 6) is 0. The number of hydrogen-bond acceptors (Lipinski definition) is 3. The van der Waals surface area contributed by atoms with Gasteiger partial charge in [0.2, 0.25) is 0 Å². The van der Waals surface area contributed by atoms with Gasteiger partial charge >= 0.3 is 0 Å². The van der Waals surface area contributed by atoms with E-state index in [0.717, 1.165) is 10.3 Å². The number of hydrogen-bond donors (Lipinski definition) is 0. The summed E-state index contributed by atoms with van der Waals surface area (Å²) in [6.45, 7) is 0. The van der Waals surface area contributed by atoms with Crippen LogP contribution >= 0.6 is 15.9 Å². The normalized spacial score (nSPS) is 10.2. The van der Waals surface area contributed by atoms with Gasteiger partial charge in [-0.05, 0) is 34.1 Å². The van der Waals surface area contributed by atoms with Gasteiger partial charge in [0.15, 0.2) is 0 Å². The molecule has 2 rings (SSSR count). The van der Waals surface area contributed by atoms with E-state index in [1.54, 1.807) is 29.1 Å². The van der Waals surface area contributed by atoms with Gasteiger partial charge in [0, 0.05) is 12.1 Å². The zero-order valence-corrected chi connectivity index (χ0v) is 9.09. The summed E-state index contributed by atoms with van der Waals surface area (Å²) in [6, 6.07) is 7.99. The average molecular weight is 268 g/mol. The van der Waals surface area contributed by atoms with Crippen molar-refractivity contribution in [2.24, 2.45) is 0 Å². The number of non-ortho nitro benzene ring substituents is 1. The van der Waals surface area contributed by atoms with Gasteiger partial charge in [-0.2, -0.15) is 5.10 Å². The molecule has 0 aliphatic heterocycles. The molecule has 0 radical (unpaired) electrons. The molecule has 0 aliphatic carbocycles. The molecule has 0 atom stereocenters. The summed E-state index contributed by atoms with van der Waals surface area (Å²) in [4.78, 5) is 10.0. The minimum Gasteiger partial charge on any atom is -0.258 e. The van der Waals surface area contributed by atoms with Crippen molar-refractivity contribution in [1.82, 2.24) is 9.78 Å². The van der Waals surface area contributed by atoms with Crippen molar-refractivity contribution in [3.8, 4) is 5.69 Å². The van der Waals surface area contributed by atoms with Crippen molar-refractivity contribution < 1.29 is 4.92 Å². The summed E-state index contributed by atoms with van der Waals surface area (Å²) in [6.07, 6.45) is 1.64. The molecule has 0 fully saturated rings. The van der Waals surface area contributed by atoms with Crippen molar-refractivity contribution in [3.63, 3.8) is 0 Å². The van der Waals surface area contributed by atoms with Crippen molar-refractivity contribution in [3.05, 3.63) is 51.2 Å². The summed E-state index contributed by atoms with van der Waals surface area (Å²) < 4.78 is 2.44. The van der Waals surface area contributed by atoms with E-state index < -0.39 is 4.92 Å². The molecule has 0 amide bonds. The van der Waals surface area contributed by atoms with Crippen LogP contribution in [-0.4, -0.2) is 14.7 Å². The van der Waals surface area contributed by atoms with E-state index in [-0.39, 0.29) is 5.69 Å². The molecule has 0 saturated carbocycles. The number of halogens is 1. The first-order chi connectivity index (χ1) is 7.18. The zero-order chi connectivity index (χ0) is 10.8. The van der Waals surface area contributed by atoms with Crippen LogP contribution in [0.2, 0.25) is 0 Å². The molecule has 1 aromatic heterocycles. The van der Waals surface area contributed by atoms with Gasteiger partial charge in [-0.3, -0.25) is 10.1 Å². The number of aromatic nitrogens is 2. The Balaban J connectivity index is 2.40. The predicted molar refractivity (Wildman–Crippen MR) is 57.9 cm³/mol. The fraction of sp³-hybridized carbons (Fsp3) is 0. The first-order valence-electron chi connectivity index (χ1n) is 4.13. The molecule has 5 nitrogen and oxygen atoms in total. The third-order valence-electron chi connectivity index (χ3n) is 1.90. The van der Waals surface area contributed by atoms with Crippen LogP contribution < -0.4 is 0 Å². The quantitative estimate of drug-likeness (QED) is 0.621. The van der Waals surface area contributed by atoms with Gasteiger partial charge in [-0.15, -0.1) is 0 Å². The van der Waals surface area contributed by atoms with Crippen molar-refractivity contribution in [2.45, 2.75) is 0 Å². The Kier molecular flexibility index (Phi) is 2.51.